The topological polar surface area (TPSA) is 49.6 Å². The molecule has 0 aliphatic heterocycles. The highest BCUT2D eigenvalue weighted by Crippen LogP contribution is 2.18. The summed E-state index contributed by atoms with van der Waals surface area (Å²) >= 11 is 0. The molecule has 0 aliphatic carbocycles. The van der Waals surface area contributed by atoms with E-state index in [9.17, 15) is 4.79 Å². The summed E-state index contributed by atoms with van der Waals surface area (Å²) in [6, 6.07) is 8.58. The van der Waals surface area contributed by atoms with Gasteiger partial charge in [0.2, 0.25) is 5.91 Å². The van der Waals surface area contributed by atoms with Crippen molar-refractivity contribution < 1.29 is 4.79 Å². The van der Waals surface area contributed by atoms with Crippen molar-refractivity contribution in [3.05, 3.63) is 29.8 Å². The van der Waals surface area contributed by atoms with Gasteiger partial charge in [0.15, 0.2) is 0 Å². The molecule has 0 fully saturated rings. The summed E-state index contributed by atoms with van der Waals surface area (Å²) in [6.07, 6.45) is 0. The number of benzene rings is 1. The summed E-state index contributed by atoms with van der Waals surface area (Å²) in [4.78, 5) is 16.2. The number of nitrogens with zero attached hydrogens (tertiary/aromatic N) is 2. The Morgan fingerprint density at radius 1 is 1.10 bits per heavy atom. The van der Waals surface area contributed by atoms with Crippen molar-refractivity contribution in [2.24, 2.45) is 5.73 Å². The molecule has 0 spiro atoms. The molecule has 0 aliphatic rings. The summed E-state index contributed by atoms with van der Waals surface area (Å²) in [5.74, 6) is 0.136. The molecule has 0 heterocycles. The highest BCUT2D eigenvalue weighted by atomic mass is 16.2. The normalized spacial score (nSPS) is 11.0. The Balaban J connectivity index is 2.86. The first-order valence-corrected chi connectivity index (χ1v) is 7.18. The van der Waals surface area contributed by atoms with Crippen LogP contribution >= 0.6 is 0 Å². The van der Waals surface area contributed by atoms with Crippen LogP contribution in [0.2, 0.25) is 0 Å². The predicted octanol–water partition coefficient (Wildman–Crippen LogP) is 2.23. The minimum absolute atomic E-state index is 0.136. The van der Waals surface area contributed by atoms with Gasteiger partial charge in [-0.2, -0.15) is 0 Å². The Morgan fingerprint density at radius 2 is 1.65 bits per heavy atom. The van der Waals surface area contributed by atoms with E-state index in [-0.39, 0.29) is 18.0 Å². The van der Waals surface area contributed by atoms with Gasteiger partial charge < -0.3 is 15.5 Å². The van der Waals surface area contributed by atoms with Crippen LogP contribution < -0.4 is 10.6 Å². The lowest BCUT2D eigenvalue weighted by Crippen LogP contribution is -2.44. The average Bonchev–Trinajstić information content (AvgIpc) is 2.43. The van der Waals surface area contributed by atoms with Crippen LogP contribution in [0.25, 0.3) is 0 Å². The van der Waals surface area contributed by atoms with Gasteiger partial charge in [-0.25, -0.2) is 0 Å². The molecule has 0 atom stereocenters. The van der Waals surface area contributed by atoms with Gasteiger partial charge in [-0.1, -0.05) is 12.1 Å². The van der Waals surface area contributed by atoms with E-state index in [1.807, 2.05) is 45.2 Å². The van der Waals surface area contributed by atoms with Crippen molar-refractivity contribution in [1.82, 2.24) is 4.90 Å². The molecule has 20 heavy (non-hydrogen) atoms. The van der Waals surface area contributed by atoms with Gasteiger partial charge >= 0.3 is 0 Å². The predicted molar refractivity (Wildman–Crippen MR) is 84.7 cm³/mol. The van der Waals surface area contributed by atoms with E-state index in [4.69, 9.17) is 5.73 Å². The molecule has 0 saturated heterocycles. The number of amides is 1. The summed E-state index contributed by atoms with van der Waals surface area (Å²) in [7, 11) is 1.85. The largest absolute Gasteiger partial charge is 0.360 e. The second-order valence-electron chi connectivity index (χ2n) is 5.69. The summed E-state index contributed by atoms with van der Waals surface area (Å²) in [6.45, 7) is 9.17. The first-order chi connectivity index (χ1) is 9.36. The zero-order valence-electron chi connectivity index (χ0n) is 13.3. The van der Waals surface area contributed by atoms with Gasteiger partial charge in [0.05, 0.1) is 6.54 Å². The zero-order chi connectivity index (χ0) is 15.3. The lowest BCUT2D eigenvalue weighted by atomic mass is 10.1. The molecule has 4 heteroatoms. The van der Waals surface area contributed by atoms with Gasteiger partial charge in [-0.3, -0.25) is 4.79 Å². The van der Waals surface area contributed by atoms with Crippen LogP contribution in [-0.4, -0.2) is 36.5 Å². The molecule has 0 radical (unpaired) electrons. The average molecular weight is 277 g/mol. The minimum atomic E-state index is 0.136. The van der Waals surface area contributed by atoms with Crippen molar-refractivity contribution in [2.75, 3.05) is 18.5 Å². The van der Waals surface area contributed by atoms with Crippen LogP contribution in [0.4, 0.5) is 5.69 Å². The van der Waals surface area contributed by atoms with Gasteiger partial charge in [0.1, 0.15) is 0 Å². The monoisotopic (exact) mass is 277 g/mol. The fourth-order valence-corrected chi connectivity index (χ4v) is 1.94. The maximum Gasteiger partial charge on any atom is 0.242 e. The van der Waals surface area contributed by atoms with E-state index in [1.54, 1.807) is 4.90 Å². The SMILES string of the molecule is CC(C)N(C)C(=O)CN(c1ccc(CN)cc1)C(C)C. The minimum Gasteiger partial charge on any atom is -0.360 e. The molecule has 4 nitrogen and oxygen atoms in total. The molecular weight excluding hydrogens is 250 g/mol. The molecule has 1 amide bonds. The molecule has 0 unspecified atom stereocenters. The smallest absolute Gasteiger partial charge is 0.242 e. The first-order valence-electron chi connectivity index (χ1n) is 7.18. The molecule has 112 valence electrons. The second kappa shape index (κ2) is 7.29. The van der Waals surface area contributed by atoms with Gasteiger partial charge in [-0.05, 0) is 45.4 Å². The highest BCUT2D eigenvalue weighted by Gasteiger charge is 2.18. The van der Waals surface area contributed by atoms with Crippen LogP contribution in [0.3, 0.4) is 0 Å². The van der Waals surface area contributed by atoms with Gasteiger partial charge in [-0.15, -0.1) is 0 Å². The standard InChI is InChI=1S/C16H27N3O/c1-12(2)18(5)16(20)11-19(13(3)4)15-8-6-14(10-17)7-9-15/h6-9,12-13H,10-11,17H2,1-5H3. The number of anilines is 1. The zero-order valence-corrected chi connectivity index (χ0v) is 13.3. The Morgan fingerprint density at radius 3 is 2.05 bits per heavy atom. The van der Waals surface area contributed by atoms with Crippen molar-refractivity contribution >= 4 is 11.6 Å². The number of nitrogens with two attached hydrogens (primary N) is 1. The Bertz CT molecular complexity index is 426. The maximum absolute atomic E-state index is 12.3. The van der Waals surface area contributed by atoms with Crippen molar-refractivity contribution in [3.8, 4) is 0 Å². The Hall–Kier alpha value is -1.55. The van der Waals surface area contributed by atoms with Crippen LogP contribution in [-0.2, 0) is 11.3 Å². The van der Waals surface area contributed by atoms with E-state index >= 15 is 0 Å². The molecule has 0 saturated carbocycles. The maximum atomic E-state index is 12.3. The fourth-order valence-electron chi connectivity index (χ4n) is 1.94. The van der Waals surface area contributed by atoms with Crippen LogP contribution in [0.15, 0.2) is 24.3 Å². The lowest BCUT2D eigenvalue weighted by Gasteiger charge is -2.31. The first kappa shape index (κ1) is 16.5. The second-order valence-corrected chi connectivity index (χ2v) is 5.69. The molecule has 2 N–H and O–H groups in total. The fraction of sp³-hybridized carbons (Fsp3) is 0.562. The molecular formula is C16H27N3O. The summed E-state index contributed by atoms with van der Waals surface area (Å²) in [5.41, 5.74) is 7.77. The third-order valence-electron chi connectivity index (χ3n) is 3.60. The van der Waals surface area contributed by atoms with E-state index in [0.717, 1.165) is 11.3 Å². The summed E-state index contributed by atoms with van der Waals surface area (Å²) in [5, 5.41) is 0. The van der Waals surface area contributed by atoms with Gasteiger partial charge in [0, 0.05) is 31.4 Å². The van der Waals surface area contributed by atoms with E-state index in [1.165, 1.54) is 0 Å². The van der Waals surface area contributed by atoms with Crippen molar-refractivity contribution in [3.63, 3.8) is 0 Å². The van der Waals surface area contributed by atoms with Gasteiger partial charge in [0.25, 0.3) is 0 Å². The molecule has 1 aromatic rings. The molecule has 0 aromatic heterocycles. The third-order valence-corrected chi connectivity index (χ3v) is 3.60. The quantitative estimate of drug-likeness (QED) is 0.867. The number of likely N-dealkylation sites (N-methyl/N-ethyl adjacent to an activating group) is 1. The number of hydrogen-bond donors (Lipinski definition) is 1. The number of hydrogen-bond acceptors (Lipinski definition) is 3. The Kier molecular flexibility index (Phi) is 6.02. The van der Waals surface area contributed by atoms with E-state index < -0.39 is 0 Å². The number of rotatable bonds is 6. The molecule has 1 aromatic carbocycles. The summed E-state index contributed by atoms with van der Waals surface area (Å²) < 4.78 is 0. The highest BCUT2D eigenvalue weighted by molar-refractivity contribution is 5.81. The molecule has 1 rings (SSSR count). The van der Waals surface area contributed by atoms with Crippen LogP contribution in [0, 0.1) is 0 Å². The number of carbonyl (C=O) groups is 1. The van der Waals surface area contributed by atoms with E-state index in [0.29, 0.717) is 13.1 Å². The third kappa shape index (κ3) is 4.23. The Labute approximate surface area is 122 Å². The van der Waals surface area contributed by atoms with Crippen molar-refractivity contribution in [2.45, 2.75) is 46.3 Å². The van der Waals surface area contributed by atoms with E-state index in [2.05, 4.69) is 18.7 Å². The number of carbonyl (C=O) groups excluding carboxylic acids is 1. The van der Waals surface area contributed by atoms with Crippen LogP contribution in [0.1, 0.15) is 33.3 Å². The molecule has 0 bridgehead atoms. The van der Waals surface area contributed by atoms with Crippen molar-refractivity contribution in [1.29, 1.82) is 0 Å². The lowest BCUT2D eigenvalue weighted by molar-refractivity contribution is -0.129. The van der Waals surface area contributed by atoms with Crippen LogP contribution in [0.5, 0.6) is 0 Å².